The number of aliphatic carboxylic acids is 4. The average molecular weight is 498 g/mol. The number of pyridine rings is 1. The lowest BCUT2D eigenvalue weighted by Crippen LogP contribution is -2.39. The Hall–Kier alpha value is -3.25. The summed E-state index contributed by atoms with van der Waals surface area (Å²) >= 11 is 0. The summed E-state index contributed by atoms with van der Waals surface area (Å²) in [6, 6.07) is 4.79. The van der Waals surface area contributed by atoms with Crippen LogP contribution in [0.1, 0.15) is 24.4 Å². The highest BCUT2D eigenvalue weighted by atomic mass is 16.4. The number of likely N-dealkylation sites (tertiary alicyclic amines) is 1. The van der Waals surface area contributed by atoms with Crippen LogP contribution in [0.3, 0.4) is 0 Å². The highest BCUT2D eigenvalue weighted by Crippen LogP contribution is 2.29. The minimum atomic E-state index is -2.27. The second-order valence-corrected chi connectivity index (χ2v) is 6.56. The Bertz CT molecular complexity index is 690. The largest absolute Gasteiger partial charge is 0.479 e. The average Bonchev–Trinajstić information content (AvgIpc) is 3.18. The number of hydrogen-bond donors (Lipinski definition) is 8. The summed E-state index contributed by atoms with van der Waals surface area (Å²) in [4.78, 5) is 45.6. The van der Waals surface area contributed by atoms with Gasteiger partial charge in [0.05, 0.1) is 0 Å². The first-order valence-electron chi connectivity index (χ1n) is 9.04. The number of aliphatic hydroxyl groups excluding tert-OH is 4. The number of hydrogen-bond acceptors (Lipinski definition) is 10. The molecule has 0 saturated carbocycles. The first-order valence-corrected chi connectivity index (χ1v) is 9.04. The molecule has 16 nitrogen and oxygen atoms in total. The van der Waals surface area contributed by atoms with E-state index < -0.39 is 48.3 Å². The van der Waals surface area contributed by atoms with E-state index in [9.17, 15) is 19.2 Å². The Morgan fingerprint density at radius 3 is 1.47 bits per heavy atom. The first kappa shape index (κ1) is 35.3. The predicted octanol–water partition coefficient (Wildman–Crippen LogP) is -4.05. The molecule has 0 aliphatic carbocycles. The lowest BCUT2D eigenvalue weighted by Gasteiger charge is -2.18. The van der Waals surface area contributed by atoms with Gasteiger partial charge >= 0.3 is 23.9 Å². The van der Waals surface area contributed by atoms with E-state index in [0.29, 0.717) is 6.04 Å². The van der Waals surface area contributed by atoms with Crippen molar-refractivity contribution >= 4 is 23.9 Å². The van der Waals surface area contributed by atoms with Gasteiger partial charge in [-0.1, -0.05) is 6.07 Å². The number of carboxylic acid groups (broad SMARTS) is 4. The van der Waals surface area contributed by atoms with Crippen molar-refractivity contribution in [3.63, 3.8) is 0 Å². The zero-order chi connectivity index (χ0) is 25.0. The van der Waals surface area contributed by atoms with Gasteiger partial charge < -0.3 is 51.8 Å². The SMILES string of the molecule is CN1CCCC1c1cccnc1.O.O.O=C(O)[C@H](O)[C@@H](O)C(=O)O.O=C(O)[C@H](O)[C@@H](O)C(=O)O. The molecule has 1 aromatic rings. The maximum Gasteiger partial charge on any atom is 0.335 e. The number of carbonyl (C=O) groups is 4. The van der Waals surface area contributed by atoms with Crippen LogP contribution < -0.4 is 0 Å². The van der Waals surface area contributed by atoms with Crippen LogP contribution in [0.25, 0.3) is 0 Å². The van der Waals surface area contributed by atoms with Gasteiger partial charge in [-0.05, 0) is 38.1 Å². The molecule has 196 valence electrons. The molecule has 0 bridgehead atoms. The summed E-state index contributed by atoms with van der Waals surface area (Å²) in [6.07, 6.45) is -2.66. The minimum Gasteiger partial charge on any atom is -0.479 e. The molecule has 1 aliphatic heterocycles. The smallest absolute Gasteiger partial charge is 0.335 e. The van der Waals surface area contributed by atoms with Crippen LogP contribution in [-0.2, 0) is 19.2 Å². The molecule has 0 aromatic carbocycles. The second-order valence-electron chi connectivity index (χ2n) is 6.56. The maximum atomic E-state index is 9.77. The summed E-state index contributed by atoms with van der Waals surface area (Å²) in [6.45, 7) is 1.22. The molecule has 12 N–H and O–H groups in total. The van der Waals surface area contributed by atoms with Crippen molar-refractivity contribution in [2.24, 2.45) is 0 Å². The van der Waals surface area contributed by atoms with Gasteiger partial charge in [-0.15, -0.1) is 0 Å². The van der Waals surface area contributed by atoms with E-state index in [1.54, 1.807) is 0 Å². The summed E-state index contributed by atoms with van der Waals surface area (Å²) in [5.74, 6) is -7.07. The monoisotopic (exact) mass is 498 g/mol. The third-order valence-corrected chi connectivity index (χ3v) is 4.20. The van der Waals surface area contributed by atoms with E-state index in [-0.39, 0.29) is 11.0 Å². The molecule has 2 rings (SSSR count). The normalized spacial score (nSPS) is 18.0. The Labute approximate surface area is 192 Å². The number of nitrogens with zero attached hydrogens (tertiary/aromatic N) is 2. The molecular weight excluding hydrogens is 468 g/mol. The molecule has 1 unspecified atom stereocenters. The molecule has 1 saturated heterocycles. The van der Waals surface area contributed by atoms with Crippen LogP contribution in [0, 0.1) is 0 Å². The minimum absolute atomic E-state index is 0. The van der Waals surface area contributed by atoms with Crippen molar-refractivity contribution in [2.45, 2.75) is 43.3 Å². The number of carboxylic acids is 4. The summed E-state index contributed by atoms with van der Waals surface area (Å²) in [5, 5.41) is 65.1. The van der Waals surface area contributed by atoms with E-state index in [0.717, 1.165) is 0 Å². The molecule has 1 fully saturated rings. The zero-order valence-corrected chi connectivity index (χ0v) is 17.9. The van der Waals surface area contributed by atoms with Gasteiger partial charge in [-0.25, -0.2) is 19.2 Å². The zero-order valence-electron chi connectivity index (χ0n) is 17.9. The Morgan fingerprint density at radius 1 is 0.853 bits per heavy atom. The van der Waals surface area contributed by atoms with Crippen LogP contribution in [0.4, 0.5) is 0 Å². The van der Waals surface area contributed by atoms with Crippen molar-refractivity contribution < 1.29 is 71.0 Å². The molecule has 5 atom stereocenters. The fourth-order valence-electron chi connectivity index (χ4n) is 2.44. The molecule has 1 aromatic heterocycles. The molecule has 34 heavy (non-hydrogen) atoms. The lowest BCUT2D eigenvalue weighted by atomic mass is 10.1. The second kappa shape index (κ2) is 17.3. The van der Waals surface area contributed by atoms with Crippen molar-refractivity contribution in [3.8, 4) is 0 Å². The van der Waals surface area contributed by atoms with Crippen LogP contribution in [0.5, 0.6) is 0 Å². The summed E-state index contributed by atoms with van der Waals surface area (Å²) in [7, 11) is 2.19. The Kier molecular flexibility index (Phi) is 17.9. The van der Waals surface area contributed by atoms with Gasteiger partial charge in [0.1, 0.15) is 0 Å². The summed E-state index contributed by atoms with van der Waals surface area (Å²) < 4.78 is 0. The third kappa shape index (κ3) is 12.1. The molecule has 0 radical (unpaired) electrons. The Balaban J connectivity index is -0.000000416. The van der Waals surface area contributed by atoms with Crippen LogP contribution in [0.2, 0.25) is 0 Å². The summed E-state index contributed by atoms with van der Waals surface area (Å²) in [5.41, 5.74) is 1.36. The van der Waals surface area contributed by atoms with Gasteiger partial charge in [0.2, 0.25) is 0 Å². The molecule has 16 heteroatoms. The highest BCUT2D eigenvalue weighted by molar-refractivity contribution is 5.83. The topological polar surface area (TPSA) is 309 Å². The molecule has 1 aliphatic rings. The van der Waals surface area contributed by atoms with Crippen molar-refractivity contribution in [3.05, 3.63) is 30.1 Å². The van der Waals surface area contributed by atoms with Crippen molar-refractivity contribution in [1.29, 1.82) is 0 Å². The molecule has 0 spiro atoms. The van der Waals surface area contributed by atoms with Gasteiger partial charge in [0, 0.05) is 18.4 Å². The van der Waals surface area contributed by atoms with E-state index in [1.165, 1.54) is 24.9 Å². The van der Waals surface area contributed by atoms with Crippen LogP contribution in [0.15, 0.2) is 24.5 Å². The van der Waals surface area contributed by atoms with E-state index in [4.69, 9.17) is 40.9 Å². The first-order chi connectivity index (χ1) is 14.8. The highest BCUT2D eigenvalue weighted by Gasteiger charge is 2.30. The molecule has 2 heterocycles. The fraction of sp³-hybridized carbons (Fsp3) is 0.500. The van der Waals surface area contributed by atoms with Crippen LogP contribution in [-0.4, -0.2) is 124 Å². The van der Waals surface area contributed by atoms with Crippen molar-refractivity contribution in [2.75, 3.05) is 13.6 Å². The van der Waals surface area contributed by atoms with Crippen LogP contribution >= 0.6 is 0 Å². The van der Waals surface area contributed by atoms with Crippen molar-refractivity contribution in [1.82, 2.24) is 9.88 Å². The van der Waals surface area contributed by atoms with E-state index in [1.807, 2.05) is 18.5 Å². The number of rotatable bonds is 7. The third-order valence-electron chi connectivity index (χ3n) is 4.20. The van der Waals surface area contributed by atoms with Gasteiger partial charge in [-0.3, -0.25) is 9.88 Å². The molecule has 0 amide bonds. The lowest BCUT2D eigenvalue weighted by molar-refractivity contribution is -0.165. The van der Waals surface area contributed by atoms with E-state index >= 15 is 0 Å². The fourth-order valence-corrected chi connectivity index (χ4v) is 2.44. The number of aliphatic hydroxyl groups is 4. The maximum absolute atomic E-state index is 9.77. The standard InChI is InChI=1S/C10H14N2.2C4H6O6.2H2O/c1-12-7-3-5-10(12)9-4-2-6-11-8-9;2*5-1(3(7)8)2(6)4(9)10;;/h2,4,6,8,10H,3,5,7H2,1H3;2*1-2,5-6H,(H,7,8)(H,9,10);2*1H2/t;2*1-,2-;;/m.11../s1. The van der Waals surface area contributed by atoms with E-state index in [2.05, 4.69) is 23.0 Å². The Morgan fingerprint density at radius 2 is 1.24 bits per heavy atom. The number of aromatic nitrogens is 1. The molecular formula is C18H30N2O14. The van der Waals surface area contributed by atoms with Gasteiger partial charge in [0.15, 0.2) is 24.4 Å². The van der Waals surface area contributed by atoms with Gasteiger partial charge in [-0.2, -0.15) is 0 Å². The van der Waals surface area contributed by atoms with Gasteiger partial charge in [0.25, 0.3) is 0 Å². The predicted molar refractivity (Wildman–Crippen MR) is 111 cm³/mol. The quantitative estimate of drug-likeness (QED) is 0.177.